The molecule has 10 atom stereocenters. The van der Waals surface area contributed by atoms with Crippen LogP contribution in [0.4, 0.5) is 0 Å². The van der Waals surface area contributed by atoms with E-state index in [-0.39, 0.29) is 29.0 Å². The average molecular weight is 547 g/mol. The van der Waals surface area contributed by atoms with Crippen molar-refractivity contribution in [1.29, 1.82) is 0 Å². The Morgan fingerprint density at radius 3 is 2.13 bits per heavy atom. The molecular formula is C30H42O9. The van der Waals surface area contributed by atoms with E-state index in [2.05, 4.69) is 0 Å². The number of fused-ring (bicyclic) bond motifs is 1. The lowest BCUT2D eigenvalue weighted by molar-refractivity contribution is -0.154. The minimum Gasteiger partial charge on any atom is -0.461 e. The third kappa shape index (κ3) is 4.46. The molecule has 4 aliphatic rings. The second kappa shape index (κ2) is 9.84. The largest absolute Gasteiger partial charge is 0.461 e. The number of carbonyl (C=O) groups is 4. The first-order valence-corrected chi connectivity index (χ1v) is 13.7. The summed E-state index contributed by atoms with van der Waals surface area (Å²) in [6.45, 7) is 15.7. The van der Waals surface area contributed by atoms with Crippen LogP contribution in [0.25, 0.3) is 0 Å². The summed E-state index contributed by atoms with van der Waals surface area (Å²) in [5.74, 6) is -2.90. The molecule has 1 saturated heterocycles. The number of rotatable bonds is 5. The quantitative estimate of drug-likeness (QED) is 0.167. The van der Waals surface area contributed by atoms with Crippen LogP contribution in [0, 0.1) is 29.1 Å². The van der Waals surface area contributed by atoms with E-state index in [1.165, 1.54) is 13.8 Å². The van der Waals surface area contributed by atoms with E-state index in [4.69, 9.17) is 23.7 Å². The standard InChI is InChI=1S/C30H42O9/c1-11-14(2)27(34)38-22-15(3)12-30-26(37-19(7)32)16(4)13-29(30,39-30)25(33)17(5)23(36-18(6)31)20-21(24(22)35-10)28(20,8)9/h11-12,16-17,20-24,26H,13H2,1-10H3/b14-11-,15-12+/t16-,17+,20-,21+,22+,23+,24-,26-,29-,30-/m0/s1. The molecule has 3 fully saturated rings. The van der Waals surface area contributed by atoms with Crippen LogP contribution in [-0.4, -0.2) is 66.4 Å². The number of ketones is 1. The number of hydrogen-bond donors (Lipinski definition) is 0. The number of esters is 3. The molecule has 39 heavy (non-hydrogen) atoms. The van der Waals surface area contributed by atoms with Gasteiger partial charge in [0.25, 0.3) is 0 Å². The first kappa shape index (κ1) is 29.5. The fourth-order valence-corrected chi connectivity index (χ4v) is 7.48. The molecule has 0 amide bonds. The fourth-order valence-electron chi connectivity index (χ4n) is 7.48. The van der Waals surface area contributed by atoms with Crippen molar-refractivity contribution in [3.05, 3.63) is 23.3 Å². The van der Waals surface area contributed by atoms with E-state index >= 15 is 0 Å². The van der Waals surface area contributed by atoms with Gasteiger partial charge >= 0.3 is 17.9 Å². The van der Waals surface area contributed by atoms with Gasteiger partial charge in [-0.25, -0.2) is 4.79 Å². The topological polar surface area (TPSA) is 118 Å². The molecule has 9 nitrogen and oxygen atoms in total. The maximum Gasteiger partial charge on any atom is 0.334 e. The number of ether oxygens (including phenoxy) is 5. The molecule has 0 radical (unpaired) electrons. The fraction of sp³-hybridized carbons (Fsp3) is 0.733. The normalized spacial score (nSPS) is 43.9. The summed E-state index contributed by atoms with van der Waals surface area (Å²) >= 11 is 0. The first-order chi connectivity index (χ1) is 18.1. The Kier molecular flexibility index (Phi) is 7.43. The molecule has 0 unspecified atom stereocenters. The second-order valence-corrected chi connectivity index (χ2v) is 12.4. The van der Waals surface area contributed by atoms with Gasteiger partial charge in [-0.05, 0) is 50.2 Å². The van der Waals surface area contributed by atoms with Crippen LogP contribution in [0.5, 0.6) is 0 Å². The lowest BCUT2D eigenvalue weighted by Crippen LogP contribution is -2.43. The summed E-state index contributed by atoms with van der Waals surface area (Å²) in [4.78, 5) is 51.7. The molecule has 9 heteroatoms. The van der Waals surface area contributed by atoms with Gasteiger partial charge in [-0.1, -0.05) is 33.8 Å². The summed E-state index contributed by atoms with van der Waals surface area (Å²) in [6.07, 6.45) is 0.965. The highest BCUT2D eigenvalue weighted by molar-refractivity contribution is 5.96. The zero-order chi connectivity index (χ0) is 29.2. The van der Waals surface area contributed by atoms with Crippen molar-refractivity contribution in [2.24, 2.45) is 29.1 Å². The molecule has 216 valence electrons. The van der Waals surface area contributed by atoms with Crippen molar-refractivity contribution < 1.29 is 42.9 Å². The van der Waals surface area contributed by atoms with E-state index in [1.807, 2.05) is 27.7 Å². The summed E-state index contributed by atoms with van der Waals surface area (Å²) in [6, 6.07) is 0. The minimum absolute atomic E-state index is 0.174. The highest BCUT2D eigenvalue weighted by atomic mass is 16.7. The Bertz CT molecular complexity index is 1140. The van der Waals surface area contributed by atoms with Crippen LogP contribution in [0.15, 0.2) is 23.3 Å². The predicted molar refractivity (Wildman–Crippen MR) is 140 cm³/mol. The zero-order valence-electron chi connectivity index (χ0n) is 24.7. The molecule has 0 aromatic carbocycles. The van der Waals surface area contributed by atoms with Crippen LogP contribution in [0.3, 0.4) is 0 Å². The van der Waals surface area contributed by atoms with E-state index in [0.29, 0.717) is 17.6 Å². The third-order valence-corrected chi connectivity index (χ3v) is 9.54. The zero-order valence-corrected chi connectivity index (χ0v) is 24.7. The van der Waals surface area contributed by atoms with Crippen molar-refractivity contribution in [1.82, 2.24) is 0 Å². The summed E-state index contributed by atoms with van der Waals surface area (Å²) in [5.41, 5.74) is -1.77. The molecule has 0 bridgehead atoms. The predicted octanol–water partition coefficient (Wildman–Crippen LogP) is 3.73. The molecule has 1 aliphatic heterocycles. The lowest BCUT2D eigenvalue weighted by Gasteiger charge is -2.30. The van der Waals surface area contributed by atoms with Crippen LogP contribution in [-0.2, 0) is 42.9 Å². The van der Waals surface area contributed by atoms with Crippen molar-refractivity contribution in [2.75, 3.05) is 7.11 Å². The number of allylic oxidation sites excluding steroid dienone is 1. The highest BCUT2D eigenvalue weighted by Gasteiger charge is 2.84. The highest BCUT2D eigenvalue weighted by Crippen LogP contribution is 2.68. The Morgan fingerprint density at radius 2 is 1.59 bits per heavy atom. The Labute approximate surface area is 230 Å². The molecule has 3 aliphatic carbocycles. The van der Waals surface area contributed by atoms with Crippen LogP contribution < -0.4 is 0 Å². The summed E-state index contributed by atoms with van der Waals surface area (Å²) in [5, 5.41) is 0. The Morgan fingerprint density at radius 1 is 1.00 bits per heavy atom. The average Bonchev–Trinajstić information content (AvgIpc) is 3.64. The van der Waals surface area contributed by atoms with Crippen LogP contribution in [0.1, 0.15) is 68.7 Å². The maximum atomic E-state index is 14.3. The van der Waals surface area contributed by atoms with E-state index in [9.17, 15) is 19.2 Å². The molecule has 4 rings (SSSR count). The number of Topliss-reactive ketones (excluding diaryl/α,β-unsaturated/α-hetero) is 1. The molecule has 0 N–H and O–H groups in total. The molecule has 0 aromatic heterocycles. The molecular weight excluding hydrogens is 504 g/mol. The van der Waals surface area contributed by atoms with E-state index < -0.39 is 59.4 Å². The van der Waals surface area contributed by atoms with E-state index in [1.54, 1.807) is 40.0 Å². The molecule has 0 aromatic rings. The SMILES string of the molecule is C/C=C(/C)C(=O)O[C@@H]1/C(C)=C/[C@@]23O[C@@]2(C[C@H](C)[C@@H]3OC(C)=O)C(=O)[C@H](C)[C@@H](OC(C)=O)[C@@H]2[C@H]([C@@H]1OC)C2(C)C. The van der Waals surface area contributed by atoms with E-state index in [0.717, 1.165) is 0 Å². The van der Waals surface area contributed by atoms with Gasteiger partial charge in [0, 0.05) is 38.4 Å². The number of carbonyl (C=O) groups excluding carboxylic acids is 4. The smallest absolute Gasteiger partial charge is 0.334 e. The monoisotopic (exact) mass is 546 g/mol. The Balaban J connectivity index is 1.92. The summed E-state index contributed by atoms with van der Waals surface area (Å²) < 4.78 is 30.1. The summed E-state index contributed by atoms with van der Waals surface area (Å²) in [7, 11) is 1.57. The maximum absolute atomic E-state index is 14.3. The molecule has 1 heterocycles. The van der Waals surface area contributed by atoms with Gasteiger partial charge in [-0.15, -0.1) is 0 Å². The number of hydrogen-bond acceptors (Lipinski definition) is 9. The van der Waals surface area contributed by atoms with Crippen molar-refractivity contribution >= 4 is 23.7 Å². The second-order valence-electron chi connectivity index (χ2n) is 12.4. The molecule has 0 spiro atoms. The Hall–Kier alpha value is -2.52. The van der Waals surface area contributed by atoms with Gasteiger partial charge in [0.1, 0.15) is 24.4 Å². The van der Waals surface area contributed by atoms with Gasteiger partial charge in [-0.2, -0.15) is 0 Å². The van der Waals surface area contributed by atoms with Crippen molar-refractivity contribution in [3.63, 3.8) is 0 Å². The van der Waals surface area contributed by atoms with Crippen molar-refractivity contribution in [3.8, 4) is 0 Å². The van der Waals surface area contributed by atoms with Crippen LogP contribution >= 0.6 is 0 Å². The van der Waals surface area contributed by atoms with Crippen molar-refractivity contribution in [2.45, 2.75) is 104 Å². The number of epoxide rings is 1. The van der Waals surface area contributed by atoms with Gasteiger partial charge in [0.15, 0.2) is 17.0 Å². The van der Waals surface area contributed by atoms with Gasteiger partial charge in [0.2, 0.25) is 0 Å². The molecule has 2 saturated carbocycles. The van der Waals surface area contributed by atoms with Gasteiger partial charge in [-0.3, -0.25) is 14.4 Å². The van der Waals surface area contributed by atoms with Gasteiger partial charge < -0.3 is 23.7 Å². The minimum atomic E-state index is -1.25. The first-order valence-electron chi connectivity index (χ1n) is 13.7. The third-order valence-electron chi connectivity index (χ3n) is 9.54. The lowest BCUT2D eigenvalue weighted by atomic mass is 9.80. The number of methoxy groups -OCH3 is 1. The van der Waals surface area contributed by atoms with Gasteiger partial charge in [0.05, 0.1) is 5.92 Å². The van der Waals surface area contributed by atoms with Crippen LogP contribution in [0.2, 0.25) is 0 Å².